The fourth-order valence-electron chi connectivity index (χ4n) is 2.25. The Bertz CT molecular complexity index is 455. The molecule has 2 unspecified atom stereocenters. The van der Waals surface area contributed by atoms with E-state index in [1.807, 2.05) is 0 Å². The summed E-state index contributed by atoms with van der Waals surface area (Å²) in [5.74, 6) is -4.59. The first kappa shape index (κ1) is 12.9. The topological polar surface area (TPSA) is 55.1 Å². The van der Waals surface area contributed by atoms with E-state index < -0.39 is 29.4 Å². The number of nitrogens with one attached hydrogen (secondary N) is 1. The van der Waals surface area contributed by atoms with Gasteiger partial charge in [0.1, 0.15) is 0 Å². The Labute approximate surface area is 102 Å². The molecule has 3 N–H and O–H groups in total. The average molecular weight is 258 g/mol. The van der Waals surface area contributed by atoms with Gasteiger partial charge in [0.25, 0.3) is 0 Å². The average Bonchev–Trinajstić information content (AvgIpc) is 2.35. The summed E-state index contributed by atoms with van der Waals surface area (Å²) in [5.41, 5.74) is 5.54. The summed E-state index contributed by atoms with van der Waals surface area (Å²) in [6.07, 6.45) is 0.980. The molecule has 0 aliphatic carbocycles. The quantitative estimate of drug-likeness (QED) is 0.788. The van der Waals surface area contributed by atoms with Crippen LogP contribution >= 0.6 is 0 Å². The minimum absolute atomic E-state index is 0.201. The Morgan fingerprint density at radius 3 is 2.44 bits per heavy atom. The van der Waals surface area contributed by atoms with Crippen molar-refractivity contribution in [3.63, 3.8) is 0 Å². The van der Waals surface area contributed by atoms with Crippen molar-refractivity contribution in [1.29, 1.82) is 0 Å². The number of nitrogens with two attached hydrogens (primary N) is 1. The third-order valence-corrected chi connectivity index (χ3v) is 3.22. The predicted molar refractivity (Wildman–Crippen MR) is 59.3 cm³/mol. The second-order valence-corrected chi connectivity index (χ2v) is 4.43. The van der Waals surface area contributed by atoms with Crippen LogP contribution in [0.1, 0.15) is 24.3 Å². The van der Waals surface area contributed by atoms with Gasteiger partial charge in [0, 0.05) is 0 Å². The number of carbonyl (C=O) groups excluding carboxylic acids is 1. The van der Waals surface area contributed by atoms with Crippen molar-refractivity contribution < 1.29 is 18.0 Å². The number of amides is 1. The highest BCUT2D eigenvalue weighted by Gasteiger charge is 2.27. The molecule has 2 rings (SSSR count). The summed E-state index contributed by atoms with van der Waals surface area (Å²) in [4.78, 5) is 11.1. The van der Waals surface area contributed by atoms with Gasteiger partial charge in [-0.2, -0.15) is 0 Å². The fourth-order valence-corrected chi connectivity index (χ4v) is 2.25. The zero-order chi connectivity index (χ0) is 13.3. The van der Waals surface area contributed by atoms with Gasteiger partial charge in [0.2, 0.25) is 5.91 Å². The smallest absolute Gasteiger partial charge is 0.234 e. The molecule has 2 atom stereocenters. The lowest BCUT2D eigenvalue weighted by Gasteiger charge is -2.28. The van der Waals surface area contributed by atoms with Gasteiger partial charge >= 0.3 is 0 Å². The van der Waals surface area contributed by atoms with E-state index in [1.165, 1.54) is 0 Å². The molecule has 1 aliphatic rings. The van der Waals surface area contributed by atoms with Gasteiger partial charge in [-0.25, -0.2) is 13.2 Å². The Kier molecular flexibility index (Phi) is 3.56. The van der Waals surface area contributed by atoms with Gasteiger partial charge in [-0.1, -0.05) is 0 Å². The van der Waals surface area contributed by atoms with Gasteiger partial charge in [-0.05, 0) is 43.0 Å². The summed E-state index contributed by atoms with van der Waals surface area (Å²) in [6.45, 7) is 0.527. The standard InChI is InChI=1S/C12H13F3N2O/c13-8-3-7(4-9(14)11(8)15)6-1-2-17-10(5-6)12(16)18/h3-4,6,10,17H,1-2,5H2,(H2,16,18). The molecular formula is C12H13F3N2O. The molecular weight excluding hydrogens is 245 g/mol. The van der Waals surface area contributed by atoms with Crippen LogP contribution in [-0.4, -0.2) is 18.5 Å². The molecule has 1 heterocycles. The molecule has 6 heteroatoms. The summed E-state index contributed by atoms with van der Waals surface area (Å²) < 4.78 is 39.1. The molecule has 1 aliphatic heterocycles. The summed E-state index contributed by atoms with van der Waals surface area (Å²) in [7, 11) is 0. The maximum atomic E-state index is 13.1. The van der Waals surface area contributed by atoms with Crippen molar-refractivity contribution in [1.82, 2.24) is 5.32 Å². The zero-order valence-corrected chi connectivity index (χ0v) is 9.55. The van der Waals surface area contributed by atoms with Crippen molar-refractivity contribution in [2.45, 2.75) is 24.8 Å². The first-order valence-electron chi connectivity index (χ1n) is 5.66. The number of primary amides is 1. The van der Waals surface area contributed by atoms with Gasteiger partial charge in [-0.3, -0.25) is 4.79 Å². The van der Waals surface area contributed by atoms with E-state index >= 15 is 0 Å². The highest BCUT2D eigenvalue weighted by Crippen LogP contribution is 2.29. The Morgan fingerprint density at radius 2 is 1.89 bits per heavy atom. The van der Waals surface area contributed by atoms with E-state index in [0.717, 1.165) is 12.1 Å². The van der Waals surface area contributed by atoms with Crippen molar-refractivity contribution >= 4 is 5.91 Å². The molecule has 0 aromatic heterocycles. The minimum Gasteiger partial charge on any atom is -0.368 e. The van der Waals surface area contributed by atoms with Crippen LogP contribution in [0.5, 0.6) is 0 Å². The number of rotatable bonds is 2. The first-order chi connectivity index (χ1) is 8.49. The van der Waals surface area contributed by atoms with Gasteiger partial charge in [0.05, 0.1) is 6.04 Å². The summed E-state index contributed by atoms with van der Waals surface area (Å²) in [5, 5.41) is 2.92. The third-order valence-electron chi connectivity index (χ3n) is 3.22. The van der Waals surface area contributed by atoms with E-state index in [1.54, 1.807) is 0 Å². The van der Waals surface area contributed by atoms with Crippen LogP contribution in [0.15, 0.2) is 12.1 Å². The molecule has 1 amide bonds. The highest BCUT2D eigenvalue weighted by atomic mass is 19.2. The number of halogens is 3. The Balaban J connectivity index is 2.23. The van der Waals surface area contributed by atoms with Crippen molar-refractivity contribution in [3.05, 3.63) is 35.1 Å². The molecule has 0 spiro atoms. The van der Waals surface area contributed by atoms with Crippen LogP contribution in [0.2, 0.25) is 0 Å². The normalized spacial score (nSPS) is 23.9. The number of hydrogen-bond acceptors (Lipinski definition) is 2. The van der Waals surface area contributed by atoms with E-state index in [-0.39, 0.29) is 5.92 Å². The SMILES string of the molecule is NC(=O)C1CC(c2cc(F)c(F)c(F)c2)CCN1. The molecule has 0 saturated carbocycles. The molecule has 98 valence electrons. The van der Waals surface area contributed by atoms with E-state index in [9.17, 15) is 18.0 Å². The van der Waals surface area contributed by atoms with Crippen LogP contribution in [-0.2, 0) is 4.79 Å². The number of benzene rings is 1. The van der Waals surface area contributed by atoms with Crippen LogP contribution in [0.4, 0.5) is 13.2 Å². The summed E-state index contributed by atoms with van der Waals surface area (Å²) in [6, 6.07) is 1.44. The first-order valence-corrected chi connectivity index (χ1v) is 5.66. The van der Waals surface area contributed by atoms with Gasteiger partial charge in [0.15, 0.2) is 17.5 Å². The van der Waals surface area contributed by atoms with Crippen LogP contribution in [0.25, 0.3) is 0 Å². The lowest BCUT2D eigenvalue weighted by molar-refractivity contribution is -0.120. The highest BCUT2D eigenvalue weighted by molar-refractivity contribution is 5.80. The van der Waals surface area contributed by atoms with Gasteiger partial charge < -0.3 is 11.1 Å². The largest absolute Gasteiger partial charge is 0.368 e. The lowest BCUT2D eigenvalue weighted by Crippen LogP contribution is -2.46. The monoisotopic (exact) mass is 258 g/mol. The van der Waals surface area contributed by atoms with Gasteiger partial charge in [-0.15, -0.1) is 0 Å². The van der Waals surface area contributed by atoms with Crippen LogP contribution in [0, 0.1) is 17.5 Å². The second-order valence-electron chi connectivity index (χ2n) is 4.43. The molecule has 1 fully saturated rings. The molecule has 3 nitrogen and oxygen atoms in total. The third kappa shape index (κ3) is 2.48. The van der Waals surface area contributed by atoms with Crippen molar-refractivity contribution in [3.8, 4) is 0 Å². The Morgan fingerprint density at radius 1 is 1.28 bits per heavy atom. The molecule has 1 aromatic rings. The lowest BCUT2D eigenvalue weighted by atomic mass is 9.86. The molecule has 0 radical (unpaired) electrons. The Hall–Kier alpha value is -1.56. The second kappa shape index (κ2) is 4.97. The van der Waals surface area contributed by atoms with Crippen LogP contribution in [0.3, 0.4) is 0 Å². The maximum Gasteiger partial charge on any atom is 0.234 e. The number of hydrogen-bond donors (Lipinski definition) is 2. The predicted octanol–water partition coefficient (Wildman–Crippen LogP) is 1.42. The fraction of sp³-hybridized carbons (Fsp3) is 0.417. The maximum absolute atomic E-state index is 13.1. The molecule has 0 bridgehead atoms. The van der Waals surface area contributed by atoms with Crippen molar-refractivity contribution in [2.24, 2.45) is 5.73 Å². The van der Waals surface area contributed by atoms with E-state index in [0.29, 0.717) is 24.9 Å². The zero-order valence-electron chi connectivity index (χ0n) is 9.55. The summed E-state index contributed by atoms with van der Waals surface area (Å²) >= 11 is 0. The molecule has 18 heavy (non-hydrogen) atoms. The minimum atomic E-state index is -1.47. The molecule has 1 aromatic carbocycles. The van der Waals surface area contributed by atoms with Crippen molar-refractivity contribution in [2.75, 3.05) is 6.54 Å². The van der Waals surface area contributed by atoms with Crippen LogP contribution < -0.4 is 11.1 Å². The van der Waals surface area contributed by atoms with E-state index in [2.05, 4.69) is 5.32 Å². The molecule has 1 saturated heterocycles. The number of carbonyl (C=O) groups is 1. The van der Waals surface area contributed by atoms with E-state index in [4.69, 9.17) is 5.73 Å². The number of piperidine rings is 1.